The van der Waals surface area contributed by atoms with E-state index in [1.807, 2.05) is 41.4 Å². The molecule has 0 fully saturated rings. The van der Waals surface area contributed by atoms with Crippen LogP contribution in [0, 0.1) is 5.41 Å². The molecule has 2 heterocycles. The van der Waals surface area contributed by atoms with Gasteiger partial charge in [-0.3, -0.25) is 19.6 Å². The number of aromatic amines is 2. The third kappa shape index (κ3) is 5.36. The summed E-state index contributed by atoms with van der Waals surface area (Å²) < 4.78 is 0. The first-order valence-corrected chi connectivity index (χ1v) is 9.75. The summed E-state index contributed by atoms with van der Waals surface area (Å²) in [5, 5.41) is 13.7. The number of benzene rings is 1. The van der Waals surface area contributed by atoms with E-state index in [-0.39, 0.29) is 11.4 Å². The second kappa shape index (κ2) is 10.0. The quantitative estimate of drug-likeness (QED) is 0.293. The smallest absolute Gasteiger partial charge is 0.326 e. The van der Waals surface area contributed by atoms with E-state index >= 15 is 0 Å². The lowest BCUT2D eigenvalue weighted by molar-refractivity contribution is 0.0935. The number of hydrogen-bond donors (Lipinski definition) is 6. The van der Waals surface area contributed by atoms with Gasteiger partial charge >= 0.3 is 5.69 Å². The number of allylic oxidation sites excluding steroid dienone is 1. The van der Waals surface area contributed by atoms with Gasteiger partial charge < -0.3 is 26.8 Å². The fourth-order valence-corrected chi connectivity index (χ4v) is 3.00. The normalized spacial score (nSPS) is 12.1. The number of carbonyl (C=O) groups is 1. The van der Waals surface area contributed by atoms with Crippen LogP contribution < -0.4 is 27.6 Å². The van der Waals surface area contributed by atoms with Crippen LogP contribution in [0.15, 0.2) is 64.6 Å². The summed E-state index contributed by atoms with van der Waals surface area (Å²) in [5.74, 6) is -0.676. The van der Waals surface area contributed by atoms with Crippen LogP contribution in [0.5, 0.6) is 0 Å². The number of amides is 1. The molecule has 0 aliphatic rings. The Hall–Kier alpha value is -4.47. The fourth-order valence-electron chi connectivity index (χ4n) is 3.00. The molecule has 0 radical (unpaired) electrons. The maximum atomic E-state index is 12.5. The maximum absolute atomic E-state index is 12.5. The molecular weight excluding hydrogens is 410 g/mol. The predicted molar refractivity (Wildman–Crippen MR) is 122 cm³/mol. The number of hydrogen-bond acceptors (Lipinski definition) is 7. The van der Waals surface area contributed by atoms with Crippen molar-refractivity contribution in [1.82, 2.24) is 25.6 Å². The van der Waals surface area contributed by atoms with Crippen molar-refractivity contribution in [3.05, 3.63) is 98.2 Å². The number of H-pyrrole nitrogens is 2. The highest BCUT2D eigenvalue weighted by atomic mass is 16.2. The van der Waals surface area contributed by atoms with E-state index < -0.39 is 23.2 Å². The van der Waals surface area contributed by atoms with E-state index in [0.29, 0.717) is 12.1 Å². The number of carbonyl (C=O) groups excluding carboxylic acids is 1. The van der Waals surface area contributed by atoms with E-state index in [9.17, 15) is 14.4 Å². The van der Waals surface area contributed by atoms with Crippen molar-refractivity contribution in [2.75, 3.05) is 5.73 Å². The van der Waals surface area contributed by atoms with Gasteiger partial charge in [-0.05, 0) is 41.8 Å². The van der Waals surface area contributed by atoms with Crippen LogP contribution in [0.25, 0.3) is 5.57 Å². The summed E-state index contributed by atoms with van der Waals surface area (Å²) in [4.78, 5) is 43.8. The van der Waals surface area contributed by atoms with Gasteiger partial charge in [0.25, 0.3) is 11.5 Å². The molecule has 0 spiro atoms. The van der Waals surface area contributed by atoms with Crippen molar-refractivity contribution in [3.63, 3.8) is 0 Å². The van der Waals surface area contributed by atoms with E-state index in [2.05, 4.69) is 20.6 Å². The molecule has 164 valence electrons. The van der Waals surface area contributed by atoms with E-state index in [4.69, 9.17) is 11.1 Å². The molecule has 0 aliphatic carbocycles. The zero-order valence-corrected chi connectivity index (χ0v) is 17.3. The Morgan fingerprint density at radius 3 is 2.69 bits per heavy atom. The molecule has 10 heteroatoms. The molecule has 7 N–H and O–H groups in total. The number of aromatic nitrogens is 3. The molecule has 32 heavy (non-hydrogen) atoms. The zero-order valence-electron chi connectivity index (χ0n) is 17.3. The fraction of sp³-hybridized carbons (Fsp3) is 0.136. The van der Waals surface area contributed by atoms with E-state index in [0.717, 1.165) is 16.7 Å². The Bertz CT molecular complexity index is 1260. The van der Waals surface area contributed by atoms with Crippen LogP contribution in [-0.4, -0.2) is 27.1 Å². The summed E-state index contributed by atoms with van der Waals surface area (Å²) in [7, 11) is 0. The molecular formula is C22H23N7O3. The summed E-state index contributed by atoms with van der Waals surface area (Å²) in [6, 6.07) is 10.7. The van der Waals surface area contributed by atoms with Crippen molar-refractivity contribution < 1.29 is 4.79 Å². The molecule has 3 aromatic rings. The predicted octanol–water partition coefficient (Wildman–Crippen LogP) is 1.31. The molecule has 0 saturated carbocycles. The van der Waals surface area contributed by atoms with Crippen LogP contribution in [0.1, 0.15) is 40.1 Å². The monoisotopic (exact) mass is 433 g/mol. The Kier molecular flexibility index (Phi) is 6.96. The lowest BCUT2D eigenvalue weighted by Crippen LogP contribution is -2.34. The Morgan fingerprint density at radius 1 is 1.22 bits per heavy atom. The molecule has 0 saturated heterocycles. The van der Waals surface area contributed by atoms with Gasteiger partial charge in [0.15, 0.2) is 0 Å². The largest absolute Gasteiger partial charge is 0.392 e. The van der Waals surface area contributed by atoms with Crippen molar-refractivity contribution >= 4 is 23.4 Å². The van der Waals surface area contributed by atoms with Crippen molar-refractivity contribution in [1.29, 1.82) is 5.41 Å². The van der Waals surface area contributed by atoms with Gasteiger partial charge in [0.1, 0.15) is 11.4 Å². The van der Waals surface area contributed by atoms with Gasteiger partial charge in [-0.25, -0.2) is 4.79 Å². The summed E-state index contributed by atoms with van der Waals surface area (Å²) >= 11 is 0. The highest BCUT2D eigenvalue weighted by Gasteiger charge is 2.17. The third-order valence-electron chi connectivity index (χ3n) is 4.74. The topological polar surface area (TPSA) is 170 Å². The first-order valence-electron chi connectivity index (χ1n) is 9.75. The third-order valence-corrected chi connectivity index (χ3v) is 4.74. The first-order chi connectivity index (χ1) is 15.4. The SMILES string of the molecule is C[C@@H](NC(=O)c1[nH]c(=O)[nH]c(=O)c1N)c1cccc(/C(C=N)=C/NCc2ccncc2)c1. The average Bonchev–Trinajstić information content (AvgIpc) is 2.79. The summed E-state index contributed by atoms with van der Waals surface area (Å²) in [5.41, 5.74) is 6.59. The summed E-state index contributed by atoms with van der Waals surface area (Å²) in [6.07, 6.45) is 6.42. The number of rotatable bonds is 8. The van der Waals surface area contributed by atoms with Gasteiger partial charge in [0.2, 0.25) is 0 Å². The minimum atomic E-state index is -0.825. The maximum Gasteiger partial charge on any atom is 0.326 e. The average molecular weight is 433 g/mol. The highest BCUT2D eigenvalue weighted by molar-refractivity contribution is 6.08. The first kappa shape index (κ1) is 22.2. The second-order valence-electron chi connectivity index (χ2n) is 7.00. The zero-order chi connectivity index (χ0) is 23.1. The lowest BCUT2D eigenvalue weighted by atomic mass is 10.0. The van der Waals surface area contributed by atoms with E-state index in [1.54, 1.807) is 25.5 Å². The van der Waals surface area contributed by atoms with Gasteiger partial charge in [0.05, 0.1) is 6.04 Å². The molecule has 0 aliphatic heterocycles. The number of pyridine rings is 1. The van der Waals surface area contributed by atoms with Crippen molar-refractivity contribution in [2.45, 2.75) is 19.5 Å². The van der Waals surface area contributed by atoms with Crippen molar-refractivity contribution in [2.24, 2.45) is 0 Å². The Balaban J connectivity index is 1.74. The molecule has 0 unspecified atom stereocenters. The van der Waals surface area contributed by atoms with Gasteiger partial charge in [-0.1, -0.05) is 18.2 Å². The molecule has 1 aromatic carbocycles. The number of anilines is 1. The Morgan fingerprint density at radius 2 is 1.97 bits per heavy atom. The number of nitrogen functional groups attached to an aromatic ring is 1. The van der Waals surface area contributed by atoms with Gasteiger partial charge in [-0.15, -0.1) is 0 Å². The molecule has 2 aromatic heterocycles. The minimum Gasteiger partial charge on any atom is -0.392 e. The van der Waals surface area contributed by atoms with E-state index in [1.165, 1.54) is 6.21 Å². The lowest BCUT2D eigenvalue weighted by Gasteiger charge is -2.16. The Labute approximate surface area is 183 Å². The number of nitrogens with zero attached hydrogens (tertiary/aromatic N) is 1. The van der Waals surface area contributed by atoms with Gasteiger partial charge in [0, 0.05) is 36.9 Å². The second-order valence-corrected chi connectivity index (χ2v) is 7.00. The minimum absolute atomic E-state index is 0.290. The number of nitrogens with two attached hydrogens (primary N) is 1. The van der Waals surface area contributed by atoms with Crippen LogP contribution in [-0.2, 0) is 6.54 Å². The summed E-state index contributed by atoms with van der Waals surface area (Å²) in [6.45, 7) is 2.34. The number of nitrogens with one attached hydrogen (secondary N) is 5. The molecule has 0 bridgehead atoms. The molecule has 10 nitrogen and oxygen atoms in total. The standard InChI is InChI=1S/C22H23N7O3/c1-13(27-21(31)19-18(24)20(30)29-22(32)28-19)15-3-2-4-16(9-15)17(10-23)12-26-11-14-5-7-25-8-6-14/h2-10,12-13,23,26H,11,24H2,1H3,(H,27,31)(H2,28,29,30,32)/b17-12+,23-10?/t13-/m1/s1. The van der Waals surface area contributed by atoms with Gasteiger partial charge in [-0.2, -0.15) is 0 Å². The highest BCUT2D eigenvalue weighted by Crippen LogP contribution is 2.19. The molecule has 3 rings (SSSR count). The van der Waals surface area contributed by atoms with Crippen LogP contribution >= 0.6 is 0 Å². The van der Waals surface area contributed by atoms with Crippen LogP contribution in [0.2, 0.25) is 0 Å². The molecule has 1 atom stereocenters. The van der Waals surface area contributed by atoms with Crippen LogP contribution in [0.3, 0.4) is 0 Å². The van der Waals surface area contributed by atoms with Crippen LogP contribution in [0.4, 0.5) is 5.69 Å². The molecule has 1 amide bonds. The van der Waals surface area contributed by atoms with Crippen molar-refractivity contribution in [3.8, 4) is 0 Å².